The highest BCUT2D eigenvalue weighted by atomic mass is 19.1. The number of tetrazole rings is 1. The summed E-state index contributed by atoms with van der Waals surface area (Å²) in [5.74, 6) is 0.0385. The monoisotopic (exact) mass is 518 g/mol. The molecule has 11 heteroatoms. The van der Waals surface area contributed by atoms with Crippen LogP contribution in [-0.2, 0) is 20.9 Å². The molecule has 2 amide bonds. The molecule has 0 aliphatic carbocycles. The predicted octanol–water partition coefficient (Wildman–Crippen LogP) is 3.45. The Hall–Kier alpha value is -4.38. The van der Waals surface area contributed by atoms with Crippen molar-refractivity contribution in [3.05, 3.63) is 83.9 Å². The van der Waals surface area contributed by atoms with Gasteiger partial charge in [-0.05, 0) is 66.9 Å². The van der Waals surface area contributed by atoms with Crippen LogP contribution in [-0.4, -0.2) is 51.3 Å². The number of benzene rings is 2. The molecule has 1 aliphatic heterocycles. The smallest absolute Gasteiger partial charge is 0.251 e. The molecule has 1 aliphatic rings. The van der Waals surface area contributed by atoms with E-state index in [2.05, 4.69) is 20.7 Å². The predicted molar refractivity (Wildman–Crippen MR) is 135 cm³/mol. The third-order valence-corrected chi connectivity index (χ3v) is 6.21. The van der Waals surface area contributed by atoms with Crippen molar-refractivity contribution in [2.45, 2.75) is 38.5 Å². The largest absolute Gasteiger partial charge is 0.458 e. The second-order valence-corrected chi connectivity index (χ2v) is 8.99. The highest BCUT2D eigenvalue weighted by Gasteiger charge is 2.34. The number of ether oxygens (including phenoxy) is 1. The highest BCUT2D eigenvalue weighted by molar-refractivity contribution is 6.01. The van der Waals surface area contributed by atoms with Crippen molar-refractivity contribution in [1.29, 1.82) is 0 Å². The molecule has 0 radical (unpaired) electrons. The summed E-state index contributed by atoms with van der Waals surface area (Å²) in [4.78, 5) is 30.0. The first-order valence-corrected chi connectivity index (χ1v) is 12.3. The summed E-state index contributed by atoms with van der Waals surface area (Å²) in [6, 6.07) is 16.8. The van der Waals surface area contributed by atoms with Gasteiger partial charge < -0.3 is 14.5 Å². The number of furan rings is 1. The van der Waals surface area contributed by atoms with E-state index in [4.69, 9.17) is 9.15 Å². The molecule has 2 aromatic carbocycles. The Morgan fingerprint density at radius 1 is 1.13 bits per heavy atom. The number of hydrogen-bond acceptors (Lipinski definition) is 7. The SMILES string of the molecule is Cc1ccc(-c2nnn(CC(=O)N(c3ccccc3)C(C(=O)NCC3CCCO3)c3ccc(F)cc3)n2)o1. The molecule has 2 unspecified atom stereocenters. The van der Waals surface area contributed by atoms with Crippen molar-refractivity contribution in [1.82, 2.24) is 25.5 Å². The van der Waals surface area contributed by atoms with E-state index >= 15 is 0 Å². The van der Waals surface area contributed by atoms with Gasteiger partial charge >= 0.3 is 0 Å². The fourth-order valence-electron chi connectivity index (χ4n) is 4.37. The first-order chi connectivity index (χ1) is 18.5. The van der Waals surface area contributed by atoms with Crippen LogP contribution in [0, 0.1) is 12.7 Å². The van der Waals surface area contributed by atoms with Crippen LogP contribution >= 0.6 is 0 Å². The van der Waals surface area contributed by atoms with E-state index in [0.717, 1.165) is 17.6 Å². The summed E-state index contributed by atoms with van der Waals surface area (Å²) >= 11 is 0. The number of amides is 2. The Kier molecular flexibility index (Phi) is 7.55. The molecular formula is C27H27FN6O4. The topological polar surface area (TPSA) is 115 Å². The number of nitrogens with zero attached hydrogens (tertiary/aromatic N) is 5. The molecule has 10 nitrogen and oxygen atoms in total. The van der Waals surface area contributed by atoms with Crippen molar-refractivity contribution in [2.24, 2.45) is 0 Å². The van der Waals surface area contributed by atoms with E-state index in [0.29, 0.717) is 35.9 Å². The lowest BCUT2D eigenvalue weighted by Crippen LogP contribution is -2.46. The number of aryl methyl sites for hydroxylation is 1. The second-order valence-electron chi connectivity index (χ2n) is 8.99. The van der Waals surface area contributed by atoms with Crippen LogP contribution < -0.4 is 10.2 Å². The average molecular weight is 519 g/mol. The Balaban J connectivity index is 1.46. The maximum absolute atomic E-state index is 13.8. The first kappa shape index (κ1) is 25.3. The maximum atomic E-state index is 13.8. The van der Waals surface area contributed by atoms with Gasteiger partial charge in [-0.25, -0.2) is 4.39 Å². The number of hydrogen-bond donors (Lipinski definition) is 1. The van der Waals surface area contributed by atoms with Crippen molar-refractivity contribution >= 4 is 17.5 Å². The van der Waals surface area contributed by atoms with Crippen LogP contribution in [0.2, 0.25) is 0 Å². The van der Waals surface area contributed by atoms with E-state index in [-0.39, 0.29) is 18.5 Å². The maximum Gasteiger partial charge on any atom is 0.251 e. The van der Waals surface area contributed by atoms with Crippen LogP contribution in [0.3, 0.4) is 0 Å². The van der Waals surface area contributed by atoms with Gasteiger partial charge in [0.05, 0.1) is 6.10 Å². The molecule has 2 aromatic heterocycles. The third kappa shape index (κ3) is 5.78. The van der Waals surface area contributed by atoms with Gasteiger partial charge in [0.1, 0.15) is 24.2 Å². The molecular weight excluding hydrogens is 491 g/mol. The minimum atomic E-state index is -1.08. The molecule has 1 fully saturated rings. The molecule has 0 spiro atoms. The van der Waals surface area contributed by atoms with E-state index in [9.17, 15) is 14.0 Å². The zero-order valence-corrected chi connectivity index (χ0v) is 20.8. The van der Waals surface area contributed by atoms with Crippen LogP contribution in [0.15, 0.2) is 71.1 Å². The lowest BCUT2D eigenvalue weighted by molar-refractivity contribution is -0.127. The normalized spacial score (nSPS) is 15.8. The van der Waals surface area contributed by atoms with Gasteiger partial charge in [0, 0.05) is 18.8 Å². The highest BCUT2D eigenvalue weighted by Crippen LogP contribution is 2.29. The fourth-order valence-corrected chi connectivity index (χ4v) is 4.37. The van der Waals surface area contributed by atoms with Gasteiger partial charge in [-0.3, -0.25) is 14.5 Å². The van der Waals surface area contributed by atoms with Crippen molar-refractivity contribution in [3.8, 4) is 11.6 Å². The Morgan fingerprint density at radius 3 is 2.61 bits per heavy atom. The third-order valence-electron chi connectivity index (χ3n) is 6.21. The van der Waals surface area contributed by atoms with Crippen molar-refractivity contribution in [2.75, 3.05) is 18.1 Å². The second kappa shape index (κ2) is 11.3. The molecule has 38 heavy (non-hydrogen) atoms. The molecule has 196 valence electrons. The Morgan fingerprint density at radius 2 is 1.92 bits per heavy atom. The summed E-state index contributed by atoms with van der Waals surface area (Å²) in [7, 11) is 0. The number of carbonyl (C=O) groups is 2. The summed E-state index contributed by atoms with van der Waals surface area (Å²) in [6.45, 7) is 2.47. The Bertz CT molecular complexity index is 1380. The van der Waals surface area contributed by atoms with E-state index in [1.165, 1.54) is 29.2 Å². The Labute approximate surface area is 218 Å². The summed E-state index contributed by atoms with van der Waals surface area (Å²) < 4.78 is 25.0. The zero-order valence-electron chi connectivity index (χ0n) is 20.8. The number of rotatable bonds is 9. The van der Waals surface area contributed by atoms with Gasteiger partial charge in [-0.2, -0.15) is 4.80 Å². The van der Waals surface area contributed by atoms with Gasteiger partial charge in [-0.1, -0.05) is 30.3 Å². The van der Waals surface area contributed by atoms with Gasteiger partial charge in [-0.15, -0.1) is 10.2 Å². The minimum absolute atomic E-state index is 0.0864. The van der Waals surface area contributed by atoms with Crippen LogP contribution in [0.5, 0.6) is 0 Å². The van der Waals surface area contributed by atoms with Crippen molar-refractivity contribution in [3.63, 3.8) is 0 Å². The van der Waals surface area contributed by atoms with Crippen LogP contribution in [0.4, 0.5) is 10.1 Å². The molecule has 0 saturated carbocycles. The summed E-state index contributed by atoms with van der Waals surface area (Å²) in [6.07, 6.45) is 1.69. The molecule has 2 atom stereocenters. The number of carbonyl (C=O) groups excluding carboxylic acids is 2. The lowest BCUT2D eigenvalue weighted by Gasteiger charge is -2.31. The minimum Gasteiger partial charge on any atom is -0.458 e. The quantitative estimate of drug-likeness (QED) is 0.361. The van der Waals surface area contributed by atoms with E-state index in [1.54, 1.807) is 43.3 Å². The van der Waals surface area contributed by atoms with Gasteiger partial charge in [0.2, 0.25) is 11.7 Å². The standard InChI is InChI=1S/C27H27FN6O4/c1-18-9-14-23(38-18)26-30-32-33(31-26)17-24(35)34(21-6-3-2-4-7-21)25(19-10-12-20(28)13-11-19)27(36)29-16-22-8-5-15-37-22/h2-4,6-7,9-14,22,25H,5,8,15-17H2,1H3,(H,29,36). The first-order valence-electron chi connectivity index (χ1n) is 12.3. The number of aromatic nitrogens is 4. The fraction of sp³-hybridized carbons (Fsp3) is 0.296. The zero-order chi connectivity index (χ0) is 26.5. The van der Waals surface area contributed by atoms with Crippen molar-refractivity contribution < 1.29 is 23.1 Å². The molecule has 1 saturated heterocycles. The number of anilines is 1. The molecule has 1 N–H and O–H groups in total. The summed E-state index contributed by atoms with van der Waals surface area (Å²) in [5.41, 5.74) is 0.938. The molecule has 0 bridgehead atoms. The van der Waals surface area contributed by atoms with Crippen LogP contribution in [0.25, 0.3) is 11.6 Å². The van der Waals surface area contributed by atoms with E-state index in [1.807, 2.05) is 6.07 Å². The summed E-state index contributed by atoms with van der Waals surface area (Å²) in [5, 5.41) is 15.2. The average Bonchev–Trinajstić information content (AvgIpc) is 3.70. The molecule has 4 aromatic rings. The van der Waals surface area contributed by atoms with E-state index < -0.39 is 23.7 Å². The van der Waals surface area contributed by atoms with Gasteiger partial charge in [0.25, 0.3) is 5.91 Å². The number of halogens is 1. The van der Waals surface area contributed by atoms with Crippen LogP contribution in [0.1, 0.15) is 30.2 Å². The number of para-hydroxylation sites is 1. The molecule has 3 heterocycles. The number of nitrogens with one attached hydrogen (secondary N) is 1. The lowest BCUT2D eigenvalue weighted by atomic mass is 10.0. The molecule has 5 rings (SSSR count). The van der Waals surface area contributed by atoms with Gasteiger partial charge in [0.15, 0.2) is 5.76 Å².